The molecule has 5 aromatic rings. The molecule has 2 unspecified atom stereocenters. The highest BCUT2D eigenvalue weighted by Gasteiger charge is 2.30. The number of benzene rings is 5. The van der Waals surface area contributed by atoms with Crippen molar-refractivity contribution in [1.29, 1.82) is 0 Å². The first-order valence-corrected chi connectivity index (χ1v) is 17.7. The second kappa shape index (κ2) is 18.7. The molecule has 3 N–H and O–H groups in total. The first-order valence-electron chi connectivity index (χ1n) is 17.4. The Morgan fingerprint density at radius 2 is 1.37 bits per heavy atom. The van der Waals surface area contributed by atoms with Crippen LogP contribution in [-0.4, -0.2) is 37.9 Å². The van der Waals surface area contributed by atoms with E-state index in [4.69, 9.17) is 26.8 Å². The lowest BCUT2D eigenvalue weighted by molar-refractivity contribution is -0.145. The number of esters is 1. The molecule has 0 aromatic heterocycles. The second-order valence-electron chi connectivity index (χ2n) is 12.5. The van der Waals surface area contributed by atoms with Crippen molar-refractivity contribution in [2.45, 2.75) is 44.1 Å². The van der Waals surface area contributed by atoms with Crippen LogP contribution in [0, 0.1) is 6.92 Å². The lowest BCUT2D eigenvalue weighted by atomic mass is 9.85. The van der Waals surface area contributed by atoms with Gasteiger partial charge < -0.3 is 20.5 Å². The summed E-state index contributed by atoms with van der Waals surface area (Å²) < 4.78 is 10.6. The van der Waals surface area contributed by atoms with E-state index in [1.54, 1.807) is 0 Å². The van der Waals surface area contributed by atoms with Crippen LogP contribution in [0.5, 0.6) is 0 Å². The number of hydrogen-bond acceptors (Lipinski definition) is 5. The van der Waals surface area contributed by atoms with E-state index in [1.165, 1.54) is 22.8 Å². The number of amides is 1. The highest BCUT2D eigenvalue weighted by atomic mass is 35.5. The van der Waals surface area contributed by atoms with Gasteiger partial charge in [-0.15, -0.1) is 0 Å². The van der Waals surface area contributed by atoms with Gasteiger partial charge in [-0.2, -0.15) is 0 Å². The number of alkyl carbamates (subject to hydrolysis) is 1. The molecule has 0 saturated heterocycles. The van der Waals surface area contributed by atoms with Crippen molar-refractivity contribution in [2.24, 2.45) is 5.73 Å². The maximum atomic E-state index is 12.5. The number of carbonyl (C=O) groups is 2. The van der Waals surface area contributed by atoms with Crippen LogP contribution in [0.2, 0.25) is 5.02 Å². The largest absolute Gasteiger partial charge is 0.460 e. The monoisotopic (exact) mass is 700 g/mol. The minimum Gasteiger partial charge on any atom is -0.460 e. The fraction of sp³-hybridized carbons (Fsp3) is 0.227. The van der Waals surface area contributed by atoms with Crippen LogP contribution < -0.4 is 11.1 Å². The van der Waals surface area contributed by atoms with Crippen LogP contribution in [0.1, 0.15) is 64.5 Å². The van der Waals surface area contributed by atoms with Crippen LogP contribution in [0.15, 0.2) is 140 Å². The van der Waals surface area contributed by atoms with Crippen molar-refractivity contribution < 1.29 is 19.1 Å². The molecular weight excluding hydrogens is 656 g/mol. The van der Waals surface area contributed by atoms with Crippen LogP contribution in [-0.2, 0) is 14.3 Å². The van der Waals surface area contributed by atoms with Crippen molar-refractivity contribution in [3.8, 4) is 11.1 Å². The summed E-state index contributed by atoms with van der Waals surface area (Å²) in [5.74, 6) is -0.368. The van der Waals surface area contributed by atoms with Crippen LogP contribution >= 0.6 is 11.6 Å². The maximum Gasteiger partial charge on any atom is 0.407 e. The molecule has 2 atom stereocenters. The molecular formula is C44H45ClN2O4. The molecule has 0 saturated carbocycles. The third kappa shape index (κ3) is 9.75. The van der Waals surface area contributed by atoms with E-state index in [0.29, 0.717) is 19.4 Å². The molecule has 1 aliphatic rings. The third-order valence-electron chi connectivity index (χ3n) is 8.97. The van der Waals surface area contributed by atoms with Gasteiger partial charge in [0.05, 0.1) is 0 Å². The molecule has 0 aliphatic heterocycles. The van der Waals surface area contributed by atoms with Crippen molar-refractivity contribution in [3.05, 3.63) is 178 Å². The summed E-state index contributed by atoms with van der Waals surface area (Å²) in [6, 6.07) is 42.8. The fourth-order valence-electron chi connectivity index (χ4n) is 6.43. The topological polar surface area (TPSA) is 90.6 Å². The first-order chi connectivity index (χ1) is 24.9. The summed E-state index contributed by atoms with van der Waals surface area (Å²) >= 11 is 6.45. The van der Waals surface area contributed by atoms with Gasteiger partial charge >= 0.3 is 12.1 Å². The van der Waals surface area contributed by atoms with Crippen LogP contribution in [0.25, 0.3) is 11.1 Å². The van der Waals surface area contributed by atoms with Crippen molar-refractivity contribution in [1.82, 2.24) is 5.32 Å². The van der Waals surface area contributed by atoms with Gasteiger partial charge in [-0.1, -0.05) is 151 Å². The molecule has 1 aliphatic carbocycles. The Labute approximate surface area is 306 Å². The molecule has 5 aromatic carbocycles. The second-order valence-corrected chi connectivity index (χ2v) is 12.9. The van der Waals surface area contributed by atoms with Gasteiger partial charge in [0.1, 0.15) is 19.3 Å². The zero-order valence-corrected chi connectivity index (χ0v) is 29.7. The molecule has 6 rings (SSSR count). The van der Waals surface area contributed by atoms with Gasteiger partial charge in [-0.3, -0.25) is 0 Å². The molecule has 7 heteroatoms. The van der Waals surface area contributed by atoms with E-state index in [0.717, 1.165) is 39.3 Å². The number of fused-ring (bicyclic) bond motifs is 3. The molecule has 6 nitrogen and oxygen atoms in total. The summed E-state index contributed by atoms with van der Waals surface area (Å²) in [4.78, 5) is 24.7. The highest BCUT2D eigenvalue weighted by molar-refractivity contribution is 6.31. The molecule has 1 amide bonds. The SMILES string of the molecule is C=CCOC(=O)C(CCCCN)NC(=O)OCC1c2ccccc2-c2ccccc21.Cc1ccc(C(c2ccccc2)c2ccccc2Cl)cc1. The molecule has 262 valence electrons. The van der Waals surface area contributed by atoms with E-state index in [2.05, 4.69) is 97.7 Å². The van der Waals surface area contributed by atoms with Gasteiger partial charge in [0.25, 0.3) is 0 Å². The van der Waals surface area contributed by atoms with E-state index in [1.807, 2.05) is 48.5 Å². The number of unbranched alkanes of at least 4 members (excludes halogenated alkanes) is 1. The van der Waals surface area contributed by atoms with E-state index in [9.17, 15) is 9.59 Å². The number of halogens is 1. The zero-order valence-electron chi connectivity index (χ0n) is 29.0. The summed E-state index contributed by atoms with van der Waals surface area (Å²) in [6.45, 7) is 6.46. The average Bonchev–Trinajstić information content (AvgIpc) is 3.48. The lowest BCUT2D eigenvalue weighted by Gasteiger charge is -2.20. The third-order valence-corrected chi connectivity index (χ3v) is 9.31. The maximum absolute atomic E-state index is 12.5. The molecule has 0 fully saturated rings. The highest BCUT2D eigenvalue weighted by Crippen LogP contribution is 2.44. The standard InChI is InChI=1S/C24H28N2O4.C20H17Cl/c1-2-15-29-23(27)22(13-7-8-14-25)26-24(28)30-16-21-19-11-5-3-9-17(19)18-10-4-6-12-20(18)21;1-15-11-13-17(14-12-15)20(16-7-3-2-4-8-16)18-9-5-6-10-19(18)21/h2-6,9-12,21-22H,1,7-8,13-16,25H2,(H,26,28);2-14,20H,1H3. The van der Waals surface area contributed by atoms with Gasteiger partial charge in [0, 0.05) is 16.9 Å². The Balaban J connectivity index is 0.000000210. The van der Waals surface area contributed by atoms with Gasteiger partial charge in [-0.25, -0.2) is 9.59 Å². The number of ether oxygens (including phenoxy) is 2. The van der Waals surface area contributed by atoms with Gasteiger partial charge in [-0.05, 0) is 77.7 Å². The number of rotatable bonds is 13. The summed E-state index contributed by atoms with van der Waals surface area (Å²) in [5, 5.41) is 3.46. The normalized spacial score (nSPS) is 12.7. The Morgan fingerprint density at radius 1 is 0.784 bits per heavy atom. The summed E-state index contributed by atoms with van der Waals surface area (Å²) in [5.41, 5.74) is 15.1. The smallest absolute Gasteiger partial charge is 0.407 e. The minimum absolute atomic E-state index is 0.0356. The number of nitrogens with two attached hydrogens (primary N) is 1. The van der Waals surface area contributed by atoms with E-state index < -0.39 is 18.1 Å². The lowest BCUT2D eigenvalue weighted by Crippen LogP contribution is -2.42. The number of hydrogen-bond donors (Lipinski definition) is 2. The number of aryl methyl sites for hydroxylation is 1. The molecule has 51 heavy (non-hydrogen) atoms. The molecule has 0 heterocycles. The zero-order chi connectivity index (χ0) is 36.0. The molecule has 0 spiro atoms. The Morgan fingerprint density at radius 3 is 2.00 bits per heavy atom. The Bertz CT molecular complexity index is 1850. The van der Waals surface area contributed by atoms with E-state index in [-0.39, 0.29) is 25.0 Å². The van der Waals surface area contributed by atoms with Crippen molar-refractivity contribution in [3.63, 3.8) is 0 Å². The fourth-order valence-corrected chi connectivity index (χ4v) is 6.68. The summed E-state index contributed by atoms with van der Waals surface area (Å²) in [6.07, 6.45) is 2.76. The Kier molecular flexibility index (Phi) is 13.6. The summed E-state index contributed by atoms with van der Waals surface area (Å²) in [7, 11) is 0. The predicted molar refractivity (Wildman–Crippen MR) is 206 cm³/mol. The van der Waals surface area contributed by atoms with Crippen LogP contribution in [0.3, 0.4) is 0 Å². The predicted octanol–water partition coefficient (Wildman–Crippen LogP) is 9.58. The first kappa shape index (κ1) is 37.1. The van der Waals surface area contributed by atoms with Crippen molar-refractivity contribution in [2.75, 3.05) is 19.8 Å². The molecule has 0 bridgehead atoms. The quantitative estimate of drug-likeness (QED) is 0.0553. The van der Waals surface area contributed by atoms with Crippen molar-refractivity contribution >= 4 is 23.7 Å². The van der Waals surface area contributed by atoms with Crippen LogP contribution in [0.4, 0.5) is 4.79 Å². The van der Waals surface area contributed by atoms with E-state index >= 15 is 0 Å². The molecule has 0 radical (unpaired) electrons. The average molecular weight is 701 g/mol. The minimum atomic E-state index is -0.771. The number of carbonyl (C=O) groups excluding carboxylic acids is 2. The van der Waals surface area contributed by atoms with Gasteiger partial charge in [0.2, 0.25) is 0 Å². The Hall–Kier alpha value is -5.17. The number of nitrogens with one attached hydrogen (secondary N) is 1. The van der Waals surface area contributed by atoms with Gasteiger partial charge in [0.15, 0.2) is 0 Å².